The minimum atomic E-state index is -0.618. The molecule has 0 radical (unpaired) electrons. The summed E-state index contributed by atoms with van der Waals surface area (Å²) in [5.74, 6) is -0.388. The monoisotopic (exact) mass is 381 g/mol. The third kappa shape index (κ3) is 2.82. The van der Waals surface area contributed by atoms with E-state index >= 15 is 0 Å². The first-order valence-corrected chi connectivity index (χ1v) is 9.36. The number of morpholine rings is 1. The lowest BCUT2D eigenvalue weighted by Crippen LogP contribution is -2.67. The van der Waals surface area contributed by atoms with Crippen molar-refractivity contribution in [2.24, 2.45) is 0 Å². The number of aromatic nitrogens is 1. The van der Waals surface area contributed by atoms with E-state index in [4.69, 9.17) is 4.74 Å². The molecule has 1 aromatic heterocycles. The van der Waals surface area contributed by atoms with E-state index in [0.717, 1.165) is 5.56 Å². The summed E-state index contributed by atoms with van der Waals surface area (Å²) in [5.41, 5.74) is 0.822. The molecular weight excluding hydrogens is 358 g/mol. The number of hydrogen-bond acceptors (Lipinski definition) is 4. The topological polar surface area (TPSA) is 82.7 Å². The number of amides is 2. The molecule has 2 fully saturated rings. The average Bonchev–Trinajstić information content (AvgIpc) is 2.71. The predicted molar refractivity (Wildman–Crippen MR) is 103 cm³/mol. The summed E-state index contributed by atoms with van der Waals surface area (Å²) in [6, 6.07) is 13.1. The molecular formula is C21H23N3O4. The number of carbonyl (C=O) groups is 2. The van der Waals surface area contributed by atoms with Crippen molar-refractivity contribution in [3.8, 4) is 0 Å². The summed E-state index contributed by atoms with van der Waals surface area (Å²) in [6.07, 6.45) is 0.180. The fourth-order valence-electron chi connectivity index (χ4n) is 4.32. The van der Waals surface area contributed by atoms with Gasteiger partial charge in [-0.2, -0.15) is 0 Å². The minimum absolute atomic E-state index is 0.0110. The van der Waals surface area contributed by atoms with Crippen molar-refractivity contribution in [2.75, 3.05) is 26.7 Å². The number of ether oxygens (including phenoxy) is 1. The number of nitrogens with zero attached hydrogens (tertiary/aromatic N) is 2. The second-order valence-corrected chi connectivity index (χ2v) is 7.43. The normalized spacial score (nSPS) is 24.8. The van der Waals surface area contributed by atoms with E-state index in [-0.39, 0.29) is 35.6 Å². The van der Waals surface area contributed by atoms with Crippen LogP contribution in [-0.4, -0.2) is 59.4 Å². The lowest BCUT2D eigenvalue weighted by Gasteiger charge is -2.54. The van der Waals surface area contributed by atoms with Gasteiger partial charge in [0.1, 0.15) is 18.3 Å². The molecule has 28 heavy (non-hydrogen) atoms. The Morgan fingerprint density at radius 2 is 1.93 bits per heavy atom. The maximum Gasteiger partial charge on any atom is 0.260 e. The highest BCUT2D eigenvalue weighted by Gasteiger charge is 2.53. The molecule has 0 saturated carbocycles. The van der Waals surface area contributed by atoms with Gasteiger partial charge in [-0.25, -0.2) is 0 Å². The highest BCUT2D eigenvalue weighted by atomic mass is 16.5. The first-order chi connectivity index (χ1) is 13.4. The second-order valence-electron chi connectivity index (χ2n) is 7.43. The molecule has 0 aliphatic carbocycles. The van der Waals surface area contributed by atoms with Crippen molar-refractivity contribution in [3.05, 3.63) is 69.6 Å². The fourth-order valence-corrected chi connectivity index (χ4v) is 4.32. The SMILES string of the molecule is Cc1ccc(C(=O)N2CC[C@]3(c4ccccc4)[C@@H](C2)OCC(=O)N3C)c(=O)[nH]1. The first-order valence-electron chi connectivity index (χ1n) is 9.36. The summed E-state index contributed by atoms with van der Waals surface area (Å²) in [5, 5.41) is 0. The van der Waals surface area contributed by atoms with Crippen LogP contribution in [-0.2, 0) is 15.1 Å². The largest absolute Gasteiger partial charge is 0.364 e. The molecule has 0 bridgehead atoms. The van der Waals surface area contributed by atoms with Crippen LogP contribution < -0.4 is 5.56 Å². The van der Waals surface area contributed by atoms with Crippen molar-refractivity contribution in [1.29, 1.82) is 0 Å². The minimum Gasteiger partial charge on any atom is -0.364 e. The van der Waals surface area contributed by atoms with E-state index in [1.807, 2.05) is 30.3 Å². The Kier molecular flexibility index (Phi) is 4.55. The van der Waals surface area contributed by atoms with Gasteiger partial charge in [0.2, 0.25) is 5.91 Å². The summed E-state index contributed by atoms with van der Waals surface area (Å²) >= 11 is 0. The lowest BCUT2D eigenvalue weighted by atomic mass is 9.76. The first kappa shape index (κ1) is 18.4. The van der Waals surface area contributed by atoms with Crippen LogP contribution in [0.5, 0.6) is 0 Å². The van der Waals surface area contributed by atoms with Crippen molar-refractivity contribution in [1.82, 2.24) is 14.8 Å². The predicted octanol–water partition coefficient (Wildman–Crippen LogP) is 1.28. The van der Waals surface area contributed by atoms with Gasteiger partial charge in [0.25, 0.3) is 11.5 Å². The van der Waals surface area contributed by atoms with Crippen LogP contribution in [0.25, 0.3) is 0 Å². The number of piperidine rings is 1. The number of benzene rings is 1. The summed E-state index contributed by atoms with van der Waals surface area (Å²) < 4.78 is 5.92. The molecule has 0 spiro atoms. The highest BCUT2D eigenvalue weighted by molar-refractivity contribution is 5.94. The quantitative estimate of drug-likeness (QED) is 0.850. The molecule has 2 aliphatic rings. The Hall–Kier alpha value is -2.93. The Bertz CT molecular complexity index is 971. The number of pyridine rings is 1. The lowest BCUT2D eigenvalue weighted by molar-refractivity contribution is -0.180. The van der Waals surface area contributed by atoms with Gasteiger partial charge < -0.3 is 19.5 Å². The second kappa shape index (κ2) is 6.91. The molecule has 2 atom stereocenters. The van der Waals surface area contributed by atoms with Gasteiger partial charge in [0.05, 0.1) is 5.54 Å². The third-order valence-electron chi connectivity index (χ3n) is 5.91. The van der Waals surface area contributed by atoms with Crippen LogP contribution >= 0.6 is 0 Å². The Labute approximate surface area is 162 Å². The third-order valence-corrected chi connectivity index (χ3v) is 5.91. The van der Waals surface area contributed by atoms with Gasteiger partial charge in [0.15, 0.2) is 0 Å². The number of aryl methyl sites for hydroxylation is 1. The molecule has 1 aromatic carbocycles. The fraction of sp³-hybridized carbons (Fsp3) is 0.381. The van der Waals surface area contributed by atoms with Crippen LogP contribution in [0, 0.1) is 6.92 Å². The molecule has 2 aliphatic heterocycles. The summed E-state index contributed by atoms with van der Waals surface area (Å²) in [6.45, 7) is 2.51. The van der Waals surface area contributed by atoms with Gasteiger partial charge in [-0.3, -0.25) is 14.4 Å². The highest BCUT2D eigenvalue weighted by Crippen LogP contribution is 2.42. The zero-order valence-corrected chi connectivity index (χ0v) is 16.0. The Morgan fingerprint density at radius 3 is 2.64 bits per heavy atom. The van der Waals surface area contributed by atoms with E-state index in [1.165, 1.54) is 0 Å². The number of carbonyl (C=O) groups excluding carboxylic acids is 2. The average molecular weight is 381 g/mol. The molecule has 0 unspecified atom stereocenters. The number of rotatable bonds is 2. The smallest absolute Gasteiger partial charge is 0.260 e. The number of likely N-dealkylation sites (tertiary alicyclic amines) is 1. The molecule has 3 heterocycles. The zero-order chi connectivity index (χ0) is 19.9. The van der Waals surface area contributed by atoms with E-state index in [9.17, 15) is 14.4 Å². The molecule has 1 N–H and O–H groups in total. The van der Waals surface area contributed by atoms with Crippen LogP contribution in [0.4, 0.5) is 0 Å². The van der Waals surface area contributed by atoms with Crippen molar-refractivity contribution < 1.29 is 14.3 Å². The molecule has 2 amide bonds. The number of hydrogen-bond donors (Lipinski definition) is 1. The standard InChI is InChI=1S/C21H23N3O4/c1-14-8-9-16(19(26)22-14)20(27)24-11-10-21(15-6-4-3-5-7-15)17(12-24)28-13-18(25)23(21)2/h3-9,17H,10-13H2,1-2H3,(H,22,26)/t17-,21+/m1/s1. The molecule has 7 heteroatoms. The van der Waals surface area contributed by atoms with Gasteiger partial charge in [-0.05, 0) is 31.0 Å². The van der Waals surface area contributed by atoms with Crippen molar-refractivity contribution in [2.45, 2.75) is 25.0 Å². The van der Waals surface area contributed by atoms with Crippen LogP contribution in [0.1, 0.15) is 28.0 Å². The van der Waals surface area contributed by atoms with E-state index in [2.05, 4.69) is 4.98 Å². The maximum absolute atomic E-state index is 13.0. The number of aromatic amines is 1. The maximum atomic E-state index is 13.0. The number of fused-ring (bicyclic) bond motifs is 1. The van der Waals surface area contributed by atoms with Gasteiger partial charge in [-0.15, -0.1) is 0 Å². The molecule has 2 aromatic rings. The van der Waals surface area contributed by atoms with Crippen LogP contribution in [0.15, 0.2) is 47.3 Å². The summed E-state index contributed by atoms with van der Waals surface area (Å²) in [7, 11) is 1.80. The van der Waals surface area contributed by atoms with E-state index in [0.29, 0.717) is 25.2 Å². The van der Waals surface area contributed by atoms with Crippen molar-refractivity contribution >= 4 is 11.8 Å². The Morgan fingerprint density at radius 1 is 1.18 bits per heavy atom. The van der Waals surface area contributed by atoms with E-state index < -0.39 is 5.54 Å². The van der Waals surface area contributed by atoms with Crippen molar-refractivity contribution in [3.63, 3.8) is 0 Å². The van der Waals surface area contributed by atoms with Crippen LogP contribution in [0.3, 0.4) is 0 Å². The molecule has 7 nitrogen and oxygen atoms in total. The molecule has 4 rings (SSSR count). The molecule has 146 valence electrons. The number of likely N-dealkylation sites (N-methyl/N-ethyl adjacent to an activating group) is 1. The van der Waals surface area contributed by atoms with Crippen LogP contribution in [0.2, 0.25) is 0 Å². The van der Waals surface area contributed by atoms with Gasteiger partial charge >= 0.3 is 0 Å². The van der Waals surface area contributed by atoms with Gasteiger partial charge in [0, 0.05) is 25.8 Å². The number of nitrogens with one attached hydrogen (secondary N) is 1. The number of H-pyrrole nitrogens is 1. The van der Waals surface area contributed by atoms with Gasteiger partial charge in [-0.1, -0.05) is 30.3 Å². The summed E-state index contributed by atoms with van der Waals surface area (Å²) in [4.78, 5) is 43.7. The molecule has 2 saturated heterocycles. The zero-order valence-electron chi connectivity index (χ0n) is 16.0. The van der Waals surface area contributed by atoms with E-state index in [1.54, 1.807) is 35.9 Å². The Balaban J connectivity index is 1.66.